The lowest BCUT2D eigenvalue weighted by atomic mass is 10.0. The van der Waals surface area contributed by atoms with Crippen LogP contribution in [-0.2, 0) is 9.53 Å². The molecule has 0 bridgehead atoms. The summed E-state index contributed by atoms with van der Waals surface area (Å²) in [6.07, 6.45) is 0.938. The van der Waals surface area contributed by atoms with Crippen molar-refractivity contribution in [3.63, 3.8) is 0 Å². The van der Waals surface area contributed by atoms with Gasteiger partial charge >= 0.3 is 0 Å². The molecule has 0 aliphatic heterocycles. The van der Waals surface area contributed by atoms with Crippen LogP contribution in [0, 0.1) is 0 Å². The molecule has 2 aromatic carbocycles. The van der Waals surface area contributed by atoms with Gasteiger partial charge in [-0.25, -0.2) is 0 Å². The van der Waals surface area contributed by atoms with Gasteiger partial charge in [-0.15, -0.1) is 0 Å². The first kappa shape index (κ1) is 22.2. The third-order valence-electron chi connectivity index (χ3n) is 4.41. The number of ether oxygens (including phenoxy) is 4. The Balaban J connectivity index is 2.13. The first-order chi connectivity index (χ1) is 13.9. The van der Waals surface area contributed by atoms with E-state index in [0.717, 1.165) is 16.8 Å². The molecule has 0 radical (unpaired) electrons. The molecule has 0 aliphatic rings. The molecule has 2 aromatic rings. The van der Waals surface area contributed by atoms with E-state index in [-0.39, 0.29) is 12.3 Å². The number of hydrogen-bond donors (Lipinski definition) is 0. The molecule has 0 N–H and O–H groups in total. The van der Waals surface area contributed by atoms with Crippen molar-refractivity contribution >= 4 is 17.7 Å². The van der Waals surface area contributed by atoms with Gasteiger partial charge < -0.3 is 23.8 Å². The third kappa shape index (κ3) is 5.48. The predicted molar refractivity (Wildman–Crippen MR) is 114 cm³/mol. The van der Waals surface area contributed by atoms with Crippen molar-refractivity contribution in [2.45, 2.75) is 6.10 Å². The fourth-order valence-electron chi connectivity index (χ4n) is 2.90. The highest BCUT2D eigenvalue weighted by molar-refractivity contribution is 5.89. The molecule has 0 aliphatic carbocycles. The molecule has 0 spiro atoms. The number of rotatable bonds is 10. The molecular formula is C22H28N2O5. The normalized spacial score (nSPS) is 11.9. The number of anilines is 1. The smallest absolute Gasteiger partial charge is 0.203 e. The zero-order chi connectivity index (χ0) is 21.4. The molecule has 156 valence electrons. The number of nitrogens with zero attached hydrogens (tertiary/aromatic N) is 2. The summed E-state index contributed by atoms with van der Waals surface area (Å²) in [5, 5.41) is 0. The number of carbonyl (C=O) groups is 1. The Morgan fingerprint density at radius 2 is 1.59 bits per heavy atom. The van der Waals surface area contributed by atoms with Gasteiger partial charge in [-0.05, 0) is 35.4 Å². The fraction of sp³-hybridized carbons (Fsp3) is 0.364. The molecule has 0 amide bonds. The first-order valence-electron chi connectivity index (χ1n) is 9.07. The summed E-state index contributed by atoms with van der Waals surface area (Å²) in [5.74, 6) is 1.42. The monoisotopic (exact) mass is 400 g/mol. The SMILES string of the molecule is COc1cc(C=NCC(=O)C(OC)c2ccc(N(C)C)cc2)cc(OC)c1OC. The highest BCUT2D eigenvalue weighted by Crippen LogP contribution is 2.37. The topological polar surface area (TPSA) is 69.6 Å². The minimum absolute atomic E-state index is 0.00933. The Bertz CT molecular complexity index is 822. The van der Waals surface area contributed by atoms with Gasteiger partial charge in [0.2, 0.25) is 5.75 Å². The molecule has 0 saturated carbocycles. The van der Waals surface area contributed by atoms with E-state index in [0.29, 0.717) is 17.2 Å². The maximum atomic E-state index is 12.6. The fourth-order valence-corrected chi connectivity index (χ4v) is 2.90. The van der Waals surface area contributed by atoms with Crippen LogP contribution in [0.3, 0.4) is 0 Å². The van der Waals surface area contributed by atoms with E-state index in [2.05, 4.69) is 4.99 Å². The standard InChI is InChI=1S/C22H28N2O5/c1-24(2)17-9-7-16(8-10-17)21(28-5)18(25)14-23-13-15-11-19(26-3)22(29-6)20(12-15)27-4/h7-13,21H,14H2,1-6H3. The minimum Gasteiger partial charge on any atom is -0.493 e. The third-order valence-corrected chi connectivity index (χ3v) is 4.41. The van der Waals surface area contributed by atoms with Gasteiger partial charge in [0.15, 0.2) is 17.3 Å². The number of methoxy groups -OCH3 is 4. The van der Waals surface area contributed by atoms with Crippen LogP contribution in [-0.4, -0.2) is 61.1 Å². The van der Waals surface area contributed by atoms with Gasteiger partial charge in [-0.3, -0.25) is 9.79 Å². The average Bonchev–Trinajstić information content (AvgIpc) is 2.73. The van der Waals surface area contributed by atoms with Crippen molar-refractivity contribution in [3.8, 4) is 17.2 Å². The lowest BCUT2D eigenvalue weighted by Crippen LogP contribution is -2.17. The Kier molecular flexibility index (Phi) is 8.03. The summed E-state index contributed by atoms with van der Waals surface area (Å²) < 4.78 is 21.4. The lowest BCUT2D eigenvalue weighted by molar-refractivity contribution is -0.127. The Morgan fingerprint density at radius 1 is 1.00 bits per heavy atom. The second-order valence-electron chi connectivity index (χ2n) is 6.50. The molecule has 0 aromatic heterocycles. The van der Waals surface area contributed by atoms with Crippen LogP contribution in [0.15, 0.2) is 41.4 Å². The predicted octanol–water partition coefficient (Wildman–Crippen LogP) is 3.15. The number of hydrogen-bond acceptors (Lipinski definition) is 7. The van der Waals surface area contributed by atoms with E-state index in [4.69, 9.17) is 18.9 Å². The summed E-state index contributed by atoms with van der Waals surface area (Å²) in [6.45, 7) is -0.00933. The van der Waals surface area contributed by atoms with Gasteiger partial charge in [0.25, 0.3) is 0 Å². The van der Waals surface area contributed by atoms with Crippen molar-refractivity contribution < 1.29 is 23.7 Å². The van der Waals surface area contributed by atoms with Gasteiger partial charge in [0.05, 0.1) is 21.3 Å². The maximum Gasteiger partial charge on any atom is 0.203 e. The second kappa shape index (κ2) is 10.5. The zero-order valence-electron chi connectivity index (χ0n) is 17.8. The Labute approximate surface area is 171 Å². The summed E-state index contributed by atoms with van der Waals surface area (Å²) >= 11 is 0. The number of Topliss-reactive ketones (excluding diaryl/α,β-unsaturated/α-hetero) is 1. The van der Waals surface area contributed by atoms with Crippen LogP contribution in [0.4, 0.5) is 5.69 Å². The van der Waals surface area contributed by atoms with E-state index in [1.165, 1.54) is 7.11 Å². The van der Waals surface area contributed by atoms with E-state index < -0.39 is 6.10 Å². The molecule has 0 fully saturated rings. The van der Waals surface area contributed by atoms with Crippen LogP contribution < -0.4 is 19.1 Å². The summed E-state index contributed by atoms with van der Waals surface area (Å²) in [5.41, 5.74) is 2.58. The van der Waals surface area contributed by atoms with E-state index in [9.17, 15) is 4.79 Å². The largest absolute Gasteiger partial charge is 0.493 e. The average molecular weight is 400 g/mol. The molecule has 7 heteroatoms. The Morgan fingerprint density at radius 3 is 2.03 bits per heavy atom. The maximum absolute atomic E-state index is 12.6. The summed E-state index contributed by atoms with van der Waals surface area (Å²) in [4.78, 5) is 18.9. The summed E-state index contributed by atoms with van der Waals surface area (Å²) in [6, 6.07) is 11.2. The van der Waals surface area contributed by atoms with Crippen molar-refractivity contribution in [3.05, 3.63) is 47.5 Å². The quantitative estimate of drug-likeness (QED) is 0.571. The van der Waals surface area contributed by atoms with Crippen LogP contribution in [0.5, 0.6) is 17.2 Å². The molecule has 0 saturated heterocycles. The highest BCUT2D eigenvalue weighted by atomic mass is 16.5. The number of aliphatic imine (C=N–C) groups is 1. The zero-order valence-corrected chi connectivity index (χ0v) is 17.8. The minimum atomic E-state index is -0.664. The van der Waals surface area contributed by atoms with Crippen LogP contribution >= 0.6 is 0 Å². The van der Waals surface area contributed by atoms with Crippen molar-refractivity contribution in [2.75, 3.05) is 54.0 Å². The van der Waals surface area contributed by atoms with Gasteiger partial charge in [-0.2, -0.15) is 0 Å². The lowest BCUT2D eigenvalue weighted by Gasteiger charge is -2.16. The number of ketones is 1. The van der Waals surface area contributed by atoms with E-state index in [1.807, 2.05) is 43.3 Å². The van der Waals surface area contributed by atoms with Gasteiger partial charge in [0.1, 0.15) is 12.6 Å². The van der Waals surface area contributed by atoms with Crippen LogP contribution in [0.1, 0.15) is 17.2 Å². The molecule has 1 unspecified atom stereocenters. The molecule has 0 heterocycles. The highest BCUT2D eigenvalue weighted by Gasteiger charge is 2.19. The van der Waals surface area contributed by atoms with Gasteiger partial charge in [-0.1, -0.05) is 12.1 Å². The van der Waals surface area contributed by atoms with Crippen molar-refractivity contribution in [2.24, 2.45) is 4.99 Å². The molecule has 1 atom stereocenters. The molecular weight excluding hydrogens is 372 g/mol. The van der Waals surface area contributed by atoms with Crippen LogP contribution in [0.25, 0.3) is 0 Å². The van der Waals surface area contributed by atoms with Crippen LogP contribution in [0.2, 0.25) is 0 Å². The molecule has 2 rings (SSSR count). The number of benzene rings is 2. The van der Waals surface area contributed by atoms with E-state index in [1.54, 1.807) is 39.7 Å². The molecule has 7 nitrogen and oxygen atoms in total. The number of carbonyl (C=O) groups excluding carboxylic acids is 1. The van der Waals surface area contributed by atoms with Crippen molar-refractivity contribution in [1.29, 1.82) is 0 Å². The first-order valence-corrected chi connectivity index (χ1v) is 9.07. The summed E-state index contributed by atoms with van der Waals surface area (Å²) in [7, 11) is 10.1. The van der Waals surface area contributed by atoms with E-state index >= 15 is 0 Å². The van der Waals surface area contributed by atoms with Gasteiger partial charge in [0, 0.05) is 33.1 Å². The Hall–Kier alpha value is -3.06. The van der Waals surface area contributed by atoms with Crippen molar-refractivity contribution in [1.82, 2.24) is 0 Å². The molecule has 29 heavy (non-hydrogen) atoms. The second-order valence-corrected chi connectivity index (χ2v) is 6.50.